The molecule has 0 saturated carbocycles. The molecule has 0 aromatic carbocycles. The number of nitrogens with two attached hydrogens (primary N) is 1. The maximum Gasteiger partial charge on any atom is 0.410 e. The van der Waals surface area contributed by atoms with Crippen LogP contribution in [-0.4, -0.2) is 17.3 Å². The number of carbonyl (C=O) groups is 1. The number of hydrazine groups is 1. The van der Waals surface area contributed by atoms with Gasteiger partial charge in [0, 0.05) is 0 Å². The molecule has 0 aromatic heterocycles. The highest BCUT2D eigenvalue weighted by Gasteiger charge is 1.96. The second-order valence-electron chi connectivity index (χ2n) is 0.989. The number of carbonyl (C=O) groups excluding carboxylic acids is 1. The molecule has 3 heteroatoms. The molecule has 0 atom stereocenters. The van der Waals surface area contributed by atoms with Crippen molar-refractivity contribution in [1.82, 2.24) is 0 Å². The minimum absolute atomic E-state index is 0.241. The molecule has 0 aliphatic carbocycles. The van der Waals surface area contributed by atoms with Crippen molar-refractivity contribution in [3.8, 4) is 0 Å². The van der Waals surface area contributed by atoms with Crippen LogP contribution in [0.2, 0.25) is 0 Å². The van der Waals surface area contributed by atoms with Gasteiger partial charge in [-0.2, -0.15) is 0 Å². The van der Waals surface area contributed by atoms with E-state index in [9.17, 15) is 4.79 Å². The smallest absolute Gasteiger partial charge is 0.217 e. The molecule has 0 unspecified atom stereocenters. The fourth-order valence-corrected chi connectivity index (χ4v) is 0. The van der Waals surface area contributed by atoms with E-state index in [1.807, 2.05) is 0 Å². The van der Waals surface area contributed by atoms with Gasteiger partial charge in [-0.1, -0.05) is 4.68 Å². The Kier molecular flexibility index (Phi) is 1.32. The molecule has 0 bridgehead atoms. The number of amides is 1. The Hall–Kier alpha value is -0.860. The zero-order chi connectivity index (χ0) is 5.15. The Morgan fingerprint density at radius 1 is 2.00 bits per heavy atom. The van der Waals surface area contributed by atoms with Crippen molar-refractivity contribution >= 4 is 12.6 Å². The molecule has 0 spiro atoms. The zero-order valence-corrected chi connectivity index (χ0v) is 3.64. The molecular weight excluding hydrogens is 80.0 g/mol. The SMILES string of the molecule is C=[N+](N)C(C)=O. The first-order chi connectivity index (χ1) is 2.64. The highest BCUT2D eigenvalue weighted by Crippen LogP contribution is 1.55. The third-order valence-corrected chi connectivity index (χ3v) is 0.404. The summed E-state index contributed by atoms with van der Waals surface area (Å²) in [6.45, 7) is 4.44. The van der Waals surface area contributed by atoms with Crippen molar-refractivity contribution in [3.05, 3.63) is 0 Å². The first-order valence-corrected chi connectivity index (χ1v) is 1.50. The largest absolute Gasteiger partial charge is 0.410 e. The van der Waals surface area contributed by atoms with Crippen molar-refractivity contribution in [2.45, 2.75) is 6.92 Å². The maximum atomic E-state index is 9.88. The summed E-state index contributed by atoms with van der Waals surface area (Å²) in [6.07, 6.45) is 0. The molecule has 0 aliphatic heterocycles. The van der Waals surface area contributed by atoms with Crippen LogP contribution in [-0.2, 0) is 4.79 Å². The van der Waals surface area contributed by atoms with Crippen LogP contribution in [0, 0.1) is 0 Å². The lowest BCUT2D eigenvalue weighted by Gasteiger charge is -1.75. The number of hydrazone groups is 1. The van der Waals surface area contributed by atoms with Gasteiger partial charge in [0.25, 0.3) is 0 Å². The normalized spacial score (nSPS) is 7.50. The van der Waals surface area contributed by atoms with Crippen LogP contribution in [0.3, 0.4) is 0 Å². The molecular formula is C3H7N2O+. The van der Waals surface area contributed by atoms with E-state index in [4.69, 9.17) is 5.84 Å². The van der Waals surface area contributed by atoms with E-state index in [0.29, 0.717) is 0 Å². The lowest BCUT2D eigenvalue weighted by Crippen LogP contribution is -2.22. The molecule has 0 heterocycles. The standard InChI is InChI=1S/C3H7N2O/c1-3(6)5(2)4/h2,4H2,1H3/q+1. The molecule has 0 aromatic rings. The Morgan fingerprint density at radius 2 is 2.17 bits per heavy atom. The number of hydrogen-bond donors (Lipinski definition) is 1. The van der Waals surface area contributed by atoms with Gasteiger partial charge in [0.2, 0.25) is 0 Å². The van der Waals surface area contributed by atoms with E-state index in [2.05, 4.69) is 6.72 Å². The molecule has 0 fully saturated rings. The van der Waals surface area contributed by atoms with Crippen LogP contribution < -0.4 is 5.84 Å². The summed E-state index contributed by atoms with van der Waals surface area (Å²) < 4.78 is 0.778. The third kappa shape index (κ3) is 1.46. The van der Waals surface area contributed by atoms with E-state index in [1.165, 1.54) is 6.92 Å². The van der Waals surface area contributed by atoms with Crippen molar-refractivity contribution in [2.75, 3.05) is 0 Å². The first kappa shape index (κ1) is 5.14. The van der Waals surface area contributed by atoms with Gasteiger partial charge in [-0.05, 0) is 0 Å². The van der Waals surface area contributed by atoms with E-state index in [1.54, 1.807) is 0 Å². The molecule has 34 valence electrons. The lowest BCUT2D eigenvalue weighted by atomic mass is 10.7. The lowest BCUT2D eigenvalue weighted by molar-refractivity contribution is -0.449. The Morgan fingerprint density at radius 3 is 2.17 bits per heavy atom. The second kappa shape index (κ2) is 1.55. The van der Waals surface area contributed by atoms with Gasteiger partial charge in [-0.15, -0.1) is 0 Å². The van der Waals surface area contributed by atoms with Crippen LogP contribution in [0.5, 0.6) is 0 Å². The molecule has 0 rings (SSSR count). The molecule has 6 heavy (non-hydrogen) atoms. The van der Waals surface area contributed by atoms with Crippen LogP contribution in [0.15, 0.2) is 0 Å². The van der Waals surface area contributed by atoms with E-state index in [0.717, 1.165) is 4.68 Å². The summed E-state index contributed by atoms with van der Waals surface area (Å²) in [4.78, 5) is 9.88. The van der Waals surface area contributed by atoms with Gasteiger partial charge >= 0.3 is 5.91 Å². The molecule has 3 nitrogen and oxygen atoms in total. The van der Waals surface area contributed by atoms with Gasteiger partial charge in [0.05, 0.1) is 6.92 Å². The first-order valence-electron chi connectivity index (χ1n) is 1.50. The summed E-state index contributed by atoms with van der Waals surface area (Å²) in [5.74, 6) is 4.57. The summed E-state index contributed by atoms with van der Waals surface area (Å²) in [7, 11) is 0. The molecule has 0 saturated heterocycles. The van der Waals surface area contributed by atoms with Crippen LogP contribution >= 0.6 is 0 Å². The average molecular weight is 87.1 g/mol. The Bertz CT molecular complexity index is 74.8. The zero-order valence-electron chi connectivity index (χ0n) is 3.64. The Labute approximate surface area is 36.0 Å². The van der Waals surface area contributed by atoms with E-state index < -0.39 is 0 Å². The van der Waals surface area contributed by atoms with Crippen molar-refractivity contribution in [1.29, 1.82) is 0 Å². The van der Waals surface area contributed by atoms with Gasteiger partial charge in [-0.3, -0.25) is 0 Å². The maximum absolute atomic E-state index is 9.88. The third-order valence-electron chi connectivity index (χ3n) is 0.404. The topological polar surface area (TPSA) is 46.1 Å². The van der Waals surface area contributed by atoms with E-state index >= 15 is 0 Å². The van der Waals surface area contributed by atoms with Gasteiger partial charge in [0.15, 0.2) is 6.72 Å². The summed E-state index contributed by atoms with van der Waals surface area (Å²) in [5, 5.41) is 0. The second-order valence-corrected chi connectivity index (χ2v) is 0.989. The Balaban J connectivity index is 3.57. The van der Waals surface area contributed by atoms with Crippen molar-refractivity contribution in [3.63, 3.8) is 0 Å². The van der Waals surface area contributed by atoms with Crippen molar-refractivity contribution in [2.24, 2.45) is 5.84 Å². The summed E-state index contributed by atoms with van der Waals surface area (Å²) in [5.41, 5.74) is 0. The van der Waals surface area contributed by atoms with Gasteiger partial charge in [-0.25, -0.2) is 10.6 Å². The molecule has 1 amide bonds. The highest BCUT2D eigenvalue weighted by molar-refractivity contribution is 5.65. The monoisotopic (exact) mass is 87.1 g/mol. The predicted molar refractivity (Wildman–Crippen MR) is 22.2 cm³/mol. The highest BCUT2D eigenvalue weighted by atomic mass is 16.2. The number of rotatable bonds is 0. The minimum Gasteiger partial charge on any atom is -0.217 e. The van der Waals surface area contributed by atoms with Crippen LogP contribution in [0.1, 0.15) is 6.92 Å². The fourth-order valence-electron chi connectivity index (χ4n) is 0. The minimum atomic E-state index is -0.241. The summed E-state index contributed by atoms with van der Waals surface area (Å²) in [6, 6.07) is 0. The fraction of sp³-hybridized carbons (Fsp3) is 0.333. The average Bonchev–Trinajstić information content (AvgIpc) is 1.36. The quantitative estimate of drug-likeness (QED) is 0.137. The van der Waals surface area contributed by atoms with Gasteiger partial charge in [0.1, 0.15) is 0 Å². The van der Waals surface area contributed by atoms with Gasteiger partial charge < -0.3 is 0 Å². The summed E-state index contributed by atoms with van der Waals surface area (Å²) >= 11 is 0. The number of nitrogens with zero attached hydrogens (tertiary/aromatic N) is 1. The van der Waals surface area contributed by atoms with Crippen LogP contribution in [0.4, 0.5) is 0 Å². The number of hydrogen-bond acceptors (Lipinski definition) is 2. The van der Waals surface area contributed by atoms with Crippen LogP contribution in [0.25, 0.3) is 0 Å². The molecule has 0 radical (unpaired) electrons. The molecule has 0 aliphatic rings. The van der Waals surface area contributed by atoms with Crippen molar-refractivity contribution < 1.29 is 9.48 Å². The van der Waals surface area contributed by atoms with E-state index in [-0.39, 0.29) is 5.91 Å². The predicted octanol–water partition coefficient (Wildman–Crippen LogP) is -0.880. The molecule has 2 N–H and O–H groups in total.